The van der Waals surface area contributed by atoms with Crippen LogP contribution in [0.4, 0.5) is 0 Å². The highest BCUT2D eigenvalue weighted by Crippen LogP contribution is 2.48. The number of halogens is 1. The molecule has 3 N–H and O–H groups in total. The molecule has 2 aliphatic rings. The van der Waals surface area contributed by atoms with Gasteiger partial charge in [0.25, 0.3) is 0 Å². The zero-order valence-electron chi connectivity index (χ0n) is 13.1. The zero-order chi connectivity index (χ0) is 17.1. The molecule has 2 bridgehead atoms. The van der Waals surface area contributed by atoms with Gasteiger partial charge in [-0.2, -0.15) is 0 Å². The molecule has 0 spiro atoms. The third-order valence-electron chi connectivity index (χ3n) is 4.86. The fourth-order valence-corrected chi connectivity index (χ4v) is 4.20. The summed E-state index contributed by atoms with van der Waals surface area (Å²) >= 11 is 6.57. The Morgan fingerprint density at radius 1 is 1.32 bits per heavy atom. The molecule has 0 amide bonds. The monoisotopic (exact) mass is 351 g/mol. The van der Waals surface area contributed by atoms with E-state index < -0.39 is 0 Å². The molecule has 0 saturated heterocycles. The molecule has 124 valence electrons. The average Bonchev–Trinajstić information content (AvgIpc) is 3.06. The summed E-state index contributed by atoms with van der Waals surface area (Å²) in [6.07, 6.45) is 2.01. The van der Waals surface area contributed by atoms with Crippen LogP contribution < -0.4 is 5.73 Å². The number of phenolic OH excluding ortho intramolecular Hbond substituents is 1. The normalized spacial score (nSPS) is 21.2. The number of phenols is 1. The molecular weight excluding hydrogens is 338 g/mol. The van der Waals surface area contributed by atoms with Crippen molar-refractivity contribution in [3.05, 3.63) is 58.4 Å². The van der Waals surface area contributed by atoms with Crippen LogP contribution in [0.5, 0.6) is 5.75 Å². The number of aromatic hydroxyl groups is 1. The Labute approximate surface area is 148 Å². The first-order valence-corrected chi connectivity index (χ1v) is 8.37. The van der Waals surface area contributed by atoms with Crippen LogP contribution in [0.15, 0.2) is 46.4 Å². The van der Waals surface area contributed by atoms with Crippen LogP contribution in [0, 0.1) is 0 Å². The van der Waals surface area contributed by atoms with Gasteiger partial charge in [0.05, 0.1) is 23.4 Å². The lowest BCUT2D eigenvalue weighted by molar-refractivity contribution is 0.475. The van der Waals surface area contributed by atoms with Gasteiger partial charge in [-0.3, -0.25) is 4.99 Å². The van der Waals surface area contributed by atoms with E-state index in [0.29, 0.717) is 10.9 Å². The number of hydrogen-bond acceptors (Lipinski definition) is 4. The third kappa shape index (κ3) is 1.94. The van der Waals surface area contributed by atoms with Crippen LogP contribution in [0.25, 0.3) is 11.0 Å². The van der Waals surface area contributed by atoms with Crippen molar-refractivity contribution in [2.24, 2.45) is 15.7 Å². The molecule has 1 aromatic heterocycles. The fraction of sp³-hybridized carbons (Fsp3) is 0.167. The zero-order valence-corrected chi connectivity index (χ0v) is 13.9. The molecule has 7 heteroatoms. The van der Waals surface area contributed by atoms with E-state index in [0.717, 1.165) is 34.4 Å². The SMILES string of the molecule is NC=NC1=NC2CC(c3c(Cl)cccc31)n1c2nc2ccc(O)cc21. The first kappa shape index (κ1) is 14.5. The second kappa shape index (κ2) is 5.07. The molecule has 0 radical (unpaired) electrons. The maximum Gasteiger partial charge on any atom is 0.157 e. The van der Waals surface area contributed by atoms with E-state index in [-0.39, 0.29) is 17.8 Å². The molecular formula is C18H14ClN5O. The van der Waals surface area contributed by atoms with E-state index in [1.807, 2.05) is 24.3 Å². The first-order chi connectivity index (χ1) is 12.2. The van der Waals surface area contributed by atoms with Crippen molar-refractivity contribution < 1.29 is 5.11 Å². The Morgan fingerprint density at radius 3 is 3.04 bits per heavy atom. The summed E-state index contributed by atoms with van der Waals surface area (Å²) in [6.45, 7) is 0. The number of imidazole rings is 1. The largest absolute Gasteiger partial charge is 0.508 e. The van der Waals surface area contributed by atoms with Gasteiger partial charge in [0, 0.05) is 28.6 Å². The number of aliphatic imine (C=N–C) groups is 2. The summed E-state index contributed by atoms with van der Waals surface area (Å²) in [7, 11) is 0. The van der Waals surface area contributed by atoms with Crippen LogP contribution in [-0.4, -0.2) is 26.8 Å². The number of nitrogens with two attached hydrogens (primary N) is 1. The number of rotatable bonds is 0. The van der Waals surface area contributed by atoms with Gasteiger partial charge in [-0.1, -0.05) is 23.7 Å². The maximum absolute atomic E-state index is 9.91. The number of benzene rings is 2. The van der Waals surface area contributed by atoms with Gasteiger partial charge >= 0.3 is 0 Å². The maximum atomic E-state index is 9.91. The summed E-state index contributed by atoms with van der Waals surface area (Å²) in [4.78, 5) is 13.8. The number of aromatic nitrogens is 2. The van der Waals surface area contributed by atoms with E-state index >= 15 is 0 Å². The lowest BCUT2D eigenvalue weighted by Gasteiger charge is -2.19. The minimum atomic E-state index is -0.123. The predicted molar refractivity (Wildman–Crippen MR) is 97.6 cm³/mol. The molecule has 3 heterocycles. The smallest absolute Gasteiger partial charge is 0.157 e. The van der Waals surface area contributed by atoms with Crippen LogP contribution in [0.3, 0.4) is 0 Å². The van der Waals surface area contributed by atoms with Crippen molar-refractivity contribution in [3.8, 4) is 5.75 Å². The van der Waals surface area contributed by atoms with Gasteiger partial charge in [0.1, 0.15) is 17.6 Å². The van der Waals surface area contributed by atoms with Crippen LogP contribution in [0.1, 0.15) is 35.5 Å². The highest BCUT2D eigenvalue weighted by Gasteiger charge is 2.40. The van der Waals surface area contributed by atoms with Crippen molar-refractivity contribution in [3.63, 3.8) is 0 Å². The third-order valence-corrected chi connectivity index (χ3v) is 5.19. The molecule has 2 unspecified atom stereocenters. The van der Waals surface area contributed by atoms with Gasteiger partial charge in [-0.05, 0) is 18.2 Å². The van der Waals surface area contributed by atoms with E-state index in [9.17, 15) is 5.11 Å². The summed E-state index contributed by atoms with van der Waals surface area (Å²) in [5.74, 6) is 1.65. The van der Waals surface area contributed by atoms with E-state index in [2.05, 4.69) is 9.56 Å². The Kier molecular flexibility index (Phi) is 2.93. The summed E-state index contributed by atoms with van der Waals surface area (Å²) in [5.41, 5.74) is 9.09. The Morgan fingerprint density at radius 2 is 2.20 bits per heavy atom. The molecule has 2 aliphatic heterocycles. The lowest BCUT2D eigenvalue weighted by atomic mass is 9.98. The Bertz CT molecular complexity index is 1080. The minimum Gasteiger partial charge on any atom is -0.508 e. The fourth-order valence-electron chi connectivity index (χ4n) is 3.90. The second-order valence-corrected chi connectivity index (χ2v) is 6.62. The van der Waals surface area contributed by atoms with Gasteiger partial charge < -0.3 is 15.4 Å². The van der Waals surface area contributed by atoms with E-state index in [1.165, 1.54) is 6.34 Å². The number of nitrogens with zero attached hydrogens (tertiary/aromatic N) is 4. The minimum absolute atomic E-state index is 0.00951. The standard InChI is InChI=1S/C18H14ClN5O/c19-11-3-1-2-10-16(11)15-7-13(22-17(10)21-8-20)18-23-12-5-4-9(25)6-14(12)24(15)18/h1-6,8,13,15,25H,7H2,(H2,20,21,22). The summed E-state index contributed by atoms with van der Waals surface area (Å²) in [5, 5.41) is 10.6. The van der Waals surface area contributed by atoms with Crippen molar-refractivity contribution in [2.75, 3.05) is 0 Å². The molecule has 3 aromatic rings. The quantitative estimate of drug-likeness (QED) is 0.481. The molecule has 0 fully saturated rings. The van der Waals surface area contributed by atoms with Gasteiger partial charge in [0.2, 0.25) is 0 Å². The van der Waals surface area contributed by atoms with Crippen molar-refractivity contribution in [1.29, 1.82) is 0 Å². The van der Waals surface area contributed by atoms with Crippen molar-refractivity contribution in [1.82, 2.24) is 9.55 Å². The average molecular weight is 352 g/mol. The summed E-state index contributed by atoms with van der Waals surface area (Å²) < 4.78 is 2.14. The predicted octanol–water partition coefficient (Wildman–Crippen LogP) is 3.18. The molecule has 2 atom stereocenters. The number of fused-ring (bicyclic) bond motifs is 9. The van der Waals surface area contributed by atoms with Crippen LogP contribution in [0.2, 0.25) is 5.02 Å². The number of hydrogen-bond donors (Lipinski definition) is 2. The van der Waals surface area contributed by atoms with Crippen LogP contribution >= 0.6 is 11.6 Å². The highest BCUT2D eigenvalue weighted by atomic mass is 35.5. The second-order valence-electron chi connectivity index (χ2n) is 6.21. The van der Waals surface area contributed by atoms with Crippen molar-refractivity contribution in [2.45, 2.75) is 18.5 Å². The van der Waals surface area contributed by atoms with Crippen molar-refractivity contribution >= 4 is 34.8 Å². The molecule has 2 aromatic carbocycles. The van der Waals surface area contributed by atoms with Crippen LogP contribution in [-0.2, 0) is 0 Å². The topological polar surface area (TPSA) is 88.8 Å². The molecule has 0 aliphatic carbocycles. The van der Waals surface area contributed by atoms with E-state index in [4.69, 9.17) is 27.3 Å². The van der Waals surface area contributed by atoms with E-state index in [1.54, 1.807) is 12.1 Å². The molecule has 6 nitrogen and oxygen atoms in total. The first-order valence-electron chi connectivity index (χ1n) is 7.99. The van der Waals surface area contributed by atoms with Gasteiger partial charge in [0.15, 0.2) is 5.84 Å². The molecule has 5 rings (SSSR count). The molecule has 25 heavy (non-hydrogen) atoms. The van der Waals surface area contributed by atoms with Gasteiger partial charge in [-0.25, -0.2) is 9.98 Å². The number of amidine groups is 1. The summed E-state index contributed by atoms with van der Waals surface area (Å²) in [6, 6.07) is 10.8. The Balaban J connectivity index is 1.87. The lowest BCUT2D eigenvalue weighted by Crippen LogP contribution is -2.13. The Hall–Kier alpha value is -2.86. The molecule has 0 saturated carbocycles. The van der Waals surface area contributed by atoms with Gasteiger partial charge in [-0.15, -0.1) is 0 Å². The highest BCUT2D eigenvalue weighted by molar-refractivity contribution is 6.32.